The first kappa shape index (κ1) is 14.6. The minimum absolute atomic E-state index is 0.0573. The Labute approximate surface area is 108 Å². The van der Waals surface area contributed by atoms with Gasteiger partial charge in [-0.3, -0.25) is 0 Å². The van der Waals surface area contributed by atoms with Gasteiger partial charge in [0, 0.05) is 6.54 Å². The molecule has 0 spiro atoms. The van der Waals surface area contributed by atoms with Crippen LogP contribution in [0, 0.1) is 11.3 Å². The van der Waals surface area contributed by atoms with Gasteiger partial charge >= 0.3 is 0 Å². The van der Waals surface area contributed by atoms with Gasteiger partial charge in [-0.05, 0) is 37.7 Å². The second-order valence-corrected chi connectivity index (χ2v) is 5.73. The molecule has 0 saturated carbocycles. The van der Waals surface area contributed by atoms with Crippen molar-refractivity contribution in [2.24, 2.45) is 0 Å². The Kier molecular flexibility index (Phi) is 5.78. The van der Waals surface area contributed by atoms with Gasteiger partial charge in [-0.15, -0.1) is 0 Å². The molecule has 0 amide bonds. The normalized spacial score (nSPS) is 11.1. The highest BCUT2D eigenvalue weighted by atomic mass is 32.2. The molecule has 18 heavy (non-hydrogen) atoms. The lowest BCUT2D eigenvalue weighted by molar-refractivity contribution is 0.576. The number of nitriles is 1. The molecule has 0 fully saturated rings. The summed E-state index contributed by atoms with van der Waals surface area (Å²) in [5.74, 6) is -0.0573. The Morgan fingerprint density at radius 2 is 1.89 bits per heavy atom. The second-order valence-electron chi connectivity index (χ2n) is 3.92. The largest absolute Gasteiger partial charge is 0.320 e. The van der Waals surface area contributed by atoms with Crippen molar-refractivity contribution >= 4 is 10.0 Å². The number of sulfonamides is 1. The van der Waals surface area contributed by atoms with Crippen molar-refractivity contribution in [1.29, 1.82) is 5.26 Å². The van der Waals surface area contributed by atoms with Gasteiger partial charge < -0.3 is 5.32 Å². The summed E-state index contributed by atoms with van der Waals surface area (Å²) < 4.78 is 26.0. The molecule has 0 aromatic heterocycles. The van der Waals surface area contributed by atoms with Crippen molar-refractivity contribution in [3.05, 3.63) is 35.4 Å². The molecule has 0 heterocycles. The SMILES string of the molecule is CNCCCNS(=O)(=O)Cc1ccc(C#N)cc1. The number of hydrogen-bond acceptors (Lipinski definition) is 4. The highest BCUT2D eigenvalue weighted by molar-refractivity contribution is 7.88. The Bertz CT molecular complexity index is 503. The van der Waals surface area contributed by atoms with Crippen molar-refractivity contribution in [3.63, 3.8) is 0 Å². The van der Waals surface area contributed by atoms with Gasteiger partial charge in [-0.25, -0.2) is 13.1 Å². The zero-order valence-electron chi connectivity index (χ0n) is 10.3. The maximum absolute atomic E-state index is 11.7. The third kappa shape index (κ3) is 5.27. The minimum Gasteiger partial charge on any atom is -0.320 e. The summed E-state index contributed by atoms with van der Waals surface area (Å²) in [6.07, 6.45) is 0.753. The van der Waals surface area contributed by atoms with Crippen molar-refractivity contribution in [2.75, 3.05) is 20.1 Å². The molecule has 6 heteroatoms. The Morgan fingerprint density at radius 1 is 1.22 bits per heavy atom. The Balaban J connectivity index is 2.51. The molecule has 2 N–H and O–H groups in total. The molecule has 0 atom stereocenters. The molecule has 0 radical (unpaired) electrons. The van der Waals surface area contributed by atoms with Crippen molar-refractivity contribution in [2.45, 2.75) is 12.2 Å². The van der Waals surface area contributed by atoms with Crippen LogP contribution in [0.15, 0.2) is 24.3 Å². The highest BCUT2D eigenvalue weighted by Crippen LogP contribution is 2.07. The molecular formula is C12H17N3O2S. The van der Waals surface area contributed by atoms with E-state index in [0.29, 0.717) is 17.7 Å². The van der Waals surface area contributed by atoms with E-state index in [4.69, 9.17) is 5.26 Å². The molecule has 0 aliphatic carbocycles. The van der Waals surface area contributed by atoms with Crippen molar-refractivity contribution in [1.82, 2.24) is 10.0 Å². The van der Waals surface area contributed by atoms with Crippen LogP contribution < -0.4 is 10.0 Å². The monoisotopic (exact) mass is 267 g/mol. The zero-order chi connectivity index (χ0) is 13.4. The van der Waals surface area contributed by atoms with Gasteiger partial charge in [-0.1, -0.05) is 12.1 Å². The van der Waals surface area contributed by atoms with E-state index in [1.165, 1.54) is 0 Å². The summed E-state index contributed by atoms with van der Waals surface area (Å²) in [7, 11) is -1.47. The van der Waals surface area contributed by atoms with Crippen LogP contribution in [0.2, 0.25) is 0 Å². The molecule has 1 rings (SSSR count). The lowest BCUT2D eigenvalue weighted by Gasteiger charge is -2.06. The van der Waals surface area contributed by atoms with E-state index in [9.17, 15) is 8.42 Å². The highest BCUT2D eigenvalue weighted by Gasteiger charge is 2.10. The van der Waals surface area contributed by atoms with Crippen molar-refractivity contribution < 1.29 is 8.42 Å². The smallest absolute Gasteiger partial charge is 0.215 e. The molecule has 0 bridgehead atoms. The molecule has 0 saturated heterocycles. The molecule has 0 aliphatic heterocycles. The molecule has 5 nitrogen and oxygen atoms in total. The van der Waals surface area contributed by atoms with E-state index in [1.807, 2.05) is 13.1 Å². The second kappa shape index (κ2) is 7.11. The van der Waals surface area contributed by atoms with E-state index in [0.717, 1.165) is 13.0 Å². The van der Waals surface area contributed by atoms with E-state index < -0.39 is 10.0 Å². The van der Waals surface area contributed by atoms with Gasteiger partial charge in [0.2, 0.25) is 10.0 Å². The Hall–Kier alpha value is -1.42. The number of hydrogen-bond donors (Lipinski definition) is 2. The molecule has 1 aromatic rings. The first-order chi connectivity index (χ1) is 8.57. The first-order valence-electron chi connectivity index (χ1n) is 5.68. The molecule has 0 aliphatic rings. The average Bonchev–Trinajstić information content (AvgIpc) is 2.35. The van der Waals surface area contributed by atoms with E-state index in [1.54, 1.807) is 24.3 Å². The van der Waals surface area contributed by atoms with E-state index in [-0.39, 0.29) is 5.75 Å². The van der Waals surface area contributed by atoms with Crippen LogP contribution >= 0.6 is 0 Å². The van der Waals surface area contributed by atoms with Gasteiger partial charge in [0.05, 0.1) is 17.4 Å². The first-order valence-corrected chi connectivity index (χ1v) is 7.33. The van der Waals surface area contributed by atoms with Crippen LogP contribution in [0.4, 0.5) is 0 Å². The summed E-state index contributed by atoms with van der Waals surface area (Å²) in [6.45, 7) is 1.21. The number of rotatable bonds is 7. The van der Waals surface area contributed by atoms with Crippen LogP contribution in [0.1, 0.15) is 17.5 Å². The summed E-state index contributed by atoms with van der Waals surface area (Å²) >= 11 is 0. The van der Waals surface area contributed by atoms with Gasteiger partial charge in [-0.2, -0.15) is 5.26 Å². The van der Waals surface area contributed by atoms with E-state index in [2.05, 4.69) is 10.0 Å². The van der Waals surface area contributed by atoms with Crippen LogP contribution in [-0.4, -0.2) is 28.6 Å². The number of nitrogens with one attached hydrogen (secondary N) is 2. The topological polar surface area (TPSA) is 82.0 Å². The van der Waals surface area contributed by atoms with Crippen LogP contribution in [-0.2, 0) is 15.8 Å². The van der Waals surface area contributed by atoms with Crippen LogP contribution in [0.5, 0.6) is 0 Å². The lowest BCUT2D eigenvalue weighted by Crippen LogP contribution is -2.27. The summed E-state index contributed by atoms with van der Waals surface area (Å²) in [4.78, 5) is 0. The van der Waals surface area contributed by atoms with Gasteiger partial charge in [0.25, 0.3) is 0 Å². The fraction of sp³-hybridized carbons (Fsp3) is 0.417. The number of nitrogens with zero attached hydrogens (tertiary/aromatic N) is 1. The van der Waals surface area contributed by atoms with Crippen molar-refractivity contribution in [3.8, 4) is 6.07 Å². The fourth-order valence-electron chi connectivity index (χ4n) is 1.44. The third-order valence-electron chi connectivity index (χ3n) is 2.37. The van der Waals surface area contributed by atoms with Crippen LogP contribution in [0.3, 0.4) is 0 Å². The molecular weight excluding hydrogens is 250 g/mol. The zero-order valence-corrected chi connectivity index (χ0v) is 11.1. The average molecular weight is 267 g/mol. The predicted molar refractivity (Wildman–Crippen MR) is 70.3 cm³/mol. The van der Waals surface area contributed by atoms with Gasteiger partial charge in [0.15, 0.2) is 0 Å². The molecule has 1 aromatic carbocycles. The lowest BCUT2D eigenvalue weighted by atomic mass is 10.2. The predicted octanol–water partition coefficient (Wildman–Crippen LogP) is 0.587. The fourth-order valence-corrected chi connectivity index (χ4v) is 2.63. The van der Waals surface area contributed by atoms with E-state index >= 15 is 0 Å². The van der Waals surface area contributed by atoms with Crippen LogP contribution in [0.25, 0.3) is 0 Å². The standard InChI is InChI=1S/C12H17N3O2S/c1-14-7-2-8-15-18(16,17)10-12-5-3-11(9-13)4-6-12/h3-6,14-15H,2,7-8,10H2,1H3. The Morgan fingerprint density at radius 3 is 2.44 bits per heavy atom. The summed E-state index contributed by atoms with van der Waals surface area (Å²) in [5, 5.41) is 11.6. The molecule has 98 valence electrons. The maximum Gasteiger partial charge on any atom is 0.215 e. The quantitative estimate of drug-likeness (QED) is 0.708. The molecule has 0 unspecified atom stereocenters. The minimum atomic E-state index is -3.30. The summed E-state index contributed by atoms with van der Waals surface area (Å²) in [6, 6.07) is 8.54. The number of benzene rings is 1. The maximum atomic E-state index is 11.7. The summed E-state index contributed by atoms with van der Waals surface area (Å²) in [5.41, 5.74) is 1.20. The van der Waals surface area contributed by atoms with Gasteiger partial charge in [0.1, 0.15) is 0 Å². The third-order valence-corrected chi connectivity index (χ3v) is 3.72.